The number of thiophene rings is 1. The van der Waals surface area contributed by atoms with Gasteiger partial charge < -0.3 is 9.55 Å². The van der Waals surface area contributed by atoms with Gasteiger partial charge in [-0.05, 0) is 31.4 Å². The normalized spacial score (nSPS) is 12.6. The van der Waals surface area contributed by atoms with Gasteiger partial charge in [-0.1, -0.05) is 36.0 Å². The molecule has 0 aliphatic heterocycles. The van der Waals surface area contributed by atoms with Gasteiger partial charge in [0.15, 0.2) is 10.9 Å². The molecule has 0 unspecified atom stereocenters. The summed E-state index contributed by atoms with van der Waals surface area (Å²) in [5.74, 6) is 1.01. The Balaban J connectivity index is 1.55. The number of hydrogen-bond acceptors (Lipinski definition) is 5. The average Bonchev–Trinajstić information content (AvgIpc) is 3.36. The molecule has 0 fully saturated rings. The zero-order valence-corrected chi connectivity index (χ0v) is 17.0. The number of Topliss-reactive ketones (excluding diaryl/α,β-unsaturated/α-hetero) is 1. The van der Waals surface area contributed by atoms with Crippen molar-refractivity contribution in [3.63, 3.8) is 0 Å². The van der Waals surface area contributed by atoms with Crippen LogP contribution < -0.4 is 0 Å². The Morgan fingerprint density at radius 3 is 2.85 bits per heavy atom. The van der Waals surface area contributed by atoms with E-state index in [0.717, 1.165) is 39.6 Å². The summed E-state index contributed by atoms with van der Waals surface area (Å²) in [6.07, 6.45) is 0.756. The Kier molecular flexibility index (Phi) is 4.88. The van der Waals surface area contributed by atoms with Crippen LogP contribution in [0.1, 0.15) is 33.7 Å². The van der Waals surface area contributed by atoms with Crippen molar-refractivity contribution in [1.29, 1.82) is 0 Å². The number of ketones is 1. The fourth-order valence-electron chi connectivity index (χ4n) is 3.18. The lowest BCUT2D eigenvalue weighted by atomic mass is 10.1. The highest BCUT2D eigenvalue weighted by atomic mass is 32.2. The van der Waals surface area contributed by atoms with Crippen LogP contribution in [0.5, 0.6) is 0 Å². The SMILES string of the molecule is Cc1[nH]c2ccccc2c1C(=O)[C@H](C)Sc1nnc(Cc2cccs2)n1C. The van der Waals surface area contributed by atoms with E-state index in [1.165, 1.54) is 16.6 Å². The second-order valence-electron chi connectivity index (χ2n) is 6.51. The Morgan fingerprint density at radius 1 is 1.26 bits per heavy atom. The first-order valence-corrected chi connectivity index (χ1v) is 10.5. The lowest BCUT2D eigenvalue weighted by Crippen LogP contribution is -2.15. The number of nitrogens with zero attached hydrogens (tertiary/aromatic N) is 3. The van der Waals surface area contributed by atoms with Crippen molar-refractivity contribution >= 4 is 39.8 Å². The number of rotatable bonds is 6. The topological polar surface area (TPSA) is 63.6 Å². The molecule has 4 aromatic rings. The van der Waals surface area contributed by atoms with Gasteiger partial charge in [-0.25, -0.2) is 0 Å². The molecule has 5 nitrogen and oxygen atoms in total. The van der Waals surface area contributed by atoms with Crippen molar-refractivity contribution < 1.29 is 4.79 Å². The molecule has 0 aliphatic carbocycles. The molecule has 0 amide bonds. The predicted octanol–water partition coefficient (Wildman–Crippen LogP) is 4.62. The minimum absolute atomic E-state index is 0.109. The molecular weight excluding hydrogens is 376 g/mol. The third-order valence-corrected chi connectivity index (χ3v) is 6.64. The van der Waals surface area contributed by atoms with Crippen LogP contribution >= 0.6 is 23.1 Å². The molecule has 0 saturated carbocycles. The molecule has 0 radical (unpaired) electrons. The highest BCUT2D eigenvalue weighted by Gasteiger charge is 2.24. The number of para-hydroxylation sites is 1. The second-order valence-corrected chi connectivity index (χ2v) is 8.85. The number of hydrogen-bond donors (Lipinski definition) is 1. The molecule has 0 bridgehead atoms. The molecule has 0 aliphatic rings. The van der Waals surface area contributed by atoms with Crippen molar-refractivity contribution in [3.8, 4) is 0 Å². The van der Waals surface area contributed by atoms with Gasteiger partial charge in [-0.3, -0.25) is 4.79 Å². The Morgan fingerprint density at radius 2 is 2.07 bits per heavy atom. The van der Waals surface area contributed by atoms with Crippen molar-refractivity contribution in [1.82, 2.24) is 19.7 Å². The molecule has 1 aromatic carbocycles. The van der Waals surface area contributed by atoms with E-state index in [0.29, 0.717) is 0 Å². The molecule has 1 atom stereocenters. The van der Waals surface area contributed by atoms with Crippen LogP contribution in [0.3, 0.4) is 0 Å². The third-order valence-electron chi connectivity index (χ3n) is 4.63. The number of aromatic nitrogens is 4. The highest BCUT2D eigenvalue weighted by molar-refractivity contribution is 8.00. The maximum atomic E-state index is 13.1. The number of aromatic amines is 1. The van der Waals surface area contributed by atoms with E-state index in [2.05, 4.69) is 26.6 Å². The maximum Gasteiger partial charge on any atom is 0.191 e. The third kappa shape index (κ3) is 3.44. The van der Waals surface area contributed by atoms with Gasteiger partial charge in [0.25, 0.3) is 0 Å². The smallest absolute Gasteiger partial charge is 0.191 e. The lowest BCUT2D eigenvalue weighted by Gasteiger charge is -2.10. The molecule has 27 heavy (non-hydrogen) atoms. The zero-order chi connectivity index (χ0) is 19.0. The van der Waals surface area contributed by atoms with Crippen LogP contribution in [0.25, 0.3) is 10.9 Å². The Hall–Kier alpha value is -2.38. The minimum atomic E-state index is -0.250. The number of aryl methyl sites for hydroxylation is 1. The van der Waals surface area contributed by atoms with Gasteiger partial charge in [0.2, 0.25) is 0 Å². The minimum Gasteiger partial charge on any atom is -0.358 e. The summed E-state index contributed by atoms with van der Waals surface area (Å²) in [6, 6.07) is 12.1. The van der Waals surface area contributed by atoms with Gasteiger partial charge >= 0.3 is 0 Å². The summed E-state index contributed by atoms with van der Waals surface area (Å²) in [5, 5.41) is 12.2. The van der Waals surface area contributed by atoms with E-state index < -0.39 is 0 Å². The molecule has 0 spiro atoms. The van der Waals surface area contributed by atoms with E-state index in [1.54, 1.807) is 11.3 Å². The van der Waals surface area contributed by atoms with Gasteiger partial charge in [0.1, 0.15) is 5.82 Å². The van der Waals surface area contributed by atoms with Gasteiger partial charge in [-0.15, -0.1) is 21.5 Å². The first-order chi connectivity index (χ1) is 13.0. The molecule has 3 heterocycles. The van der Waals surface area contributed by atoms with E-state index in [9.17, 15) is 4.79 Å². The number of benzene rings is 1. The number of fused-ring (bicyclic) bond motifs is 1. The number of thioether (sulfide) groups is 1. The van der Waals surface area contributed by atoms with Crippen molar-refractivity contribution in [2.45, 2.75) is 30.7 Å². The number of nitrogens with one attached hydrogen (secondary N) is 1. The van der Waals surface area contributed by atoms with Gasteiger partial charge in [0, 0.05) is 40.5 Å². The zero-order valence-electron chi connectivity index (χ0n) is 15.4. The predicted molar refractivity (Wildman–Crippen MR) is 111 cm³/mol. The number of H-pyrrole nitrogens is 1. The molecule has 0 saturated heterocycles. The van der Waals surface area contributed by atoms with Gasteiger partial charge in [0.05, 0.1) is 5.25 Å². The molecule has 1 N–H and O–H groups in total. The lowest BCUT2D eigenvalue weighted by molar-refractivity contribution is 0.0995. The number of carbonyl (C=O) groups excluding carboxylic acids is 1. The maximum absolute atomic E-state index is 13.1. The summed E-state index contributed by atoms with van der Waals surface area (Å²) < 4.78 is 1.98. The van der Waals surface area contributed by atoms with Gasteiger partial charge in [-0.2, -0.15) is 0 Å². The average molecular weight is 397 g/mol. The van der Waals surface area contributed by atoms with Crippen LogP contribution in [-0.2, 0) is 13.5 Å². The van der Waals surface area contributed by atoms with Crippen LogP contribution in [-0.4, -0.2) is 30.8 Å². The Labute approximate surface area is 165 Å². The summed E-state index contributed by atoms with van der Waals surface area (Å²) in [6.45, 7) is 3.88. The van der Waals surface area contributed by atoms with Crippen molar-refractivity contribution in [2.24, 2.45) is 7.05 Å². The highest BCUT2D eigenvalue weighted by Crippen LogP contribution is 2.29. The first-order valence-electron chi connectivity index (χ1n) is 8.73. The molecule has 138 valence electrons. The fraction of sp³-hybridized carbons (Fsp3) is 0.250. The van der Waals surface area contributed by atoms with Crippen molar-refractivity contribution in [3.05, 3.63) is 63.7 Å². The summed E-state index contributed by atoms with van der Waals surface area (Å²) >= 11 is 3.17. The monoisotopic (exact) mass is 396 g/mol. The molecule has 4 rings (SSSR count). The largest absolute Gasteiger partial charge is 0.358 e. The molecular formula is C20H20N4OS2. The standard InChI is InChI=1S/C20H20N4OS2/c1-12-18(15-8-4-5-9-16(15)21-12)19(25)13(2)27-20-23-22-17(24(20)3)11-14-7-6-10-26-14/h4-10,13,21H,11H2,1-3H3/t13-/m0/s1. The Bertz CT molecular complexity index is 1090. The van der Waals surface area contributed by atoms with Crippen LogP contribution in [0.4, 0.5) is 0 Å². The van der Waals surface area contributed by atoms with E-state index in [4.69, 9.17) is 0 Å². The fourth-order valence-corrected chi connectivity index (χ4v) is 4.77. The molecule has 7 heteroatoms. The van der Waals surface area contributed by atoms with E-state index in [1.807, 2.05) is 55.8 Å². The van der Waals surface area contributed by atoms with Crippen LogP contribution in [0.2, 0.25) is 0 Å². The van der Waals surface area contributed by atoms with E-state index in [-0.39, 0.29) is 11.0 Å². The first kappa shape index (κ1) is 18.0. The van der Waals surface area contributed by atoms with Crippen LogP contribution in [0, 0.1) is 6.92 Å². The van der Waals surface area contributed by atoms with Crippen molar-refractivity contribution in [2.75, 3.05) is 0 Å². The van der Waals surface area contributed by atoms with E-state index >= 15 is 0 Å². The molecule has 3 aromatic heterocycles. The summed E-state index contributed by atoms with van der Waals surface area (Å²) in [4.78, 5) is 17.7. The quantitative estimate of drug-likeness (QED) is 0.381. The number of carbonyl (C=O) groups is 1. The summed E-state index contributed by atoms with van der Waals surface area (Å²) in [7, 11) is 1.96. The van der Waals surface area contributed by atoms with Crippen LogP contribution in [0.15, 0.2) is 46.9 Å². The summed E-state index contributed by atoms with van der Waals surface area (Å²) in [5.41, 5.74) is 2.67. The second kappa shape index (κ2) is 7.32.